The fourth-order valence-electron chi connectivity index (χ4n) is 2.22. The number of anilines is 1. The van der Waals surface area contributed by atoms with E-state index in [9.17, 15) is 4.79 Å². The number of rotatable bonds is 4. The molecule has 1 heterocycles. The van der Waals surface area contributed by atoms with Crippen LogP contribution in [0.5, 0.6) is 5.75 Å². The Bertz CT molecular complexity index is 824. The van der Waals surface area contributed by atoms with E-state index >= 15 is 0 Å². The molecular weight excluding hydrogens is 278 g/mol. The van der Waals surface area contributed by atoms with Gasteiger partial charge >= 0.3 is 0 Å². The summed E-state index contributed by atoms with van der Waals surface area (Å²) in [7, 11) is 0. The highest BCUT2D eigenvalue weighted by Crippen LogP contribution is 2.19. The molecule has 1 aromatic heterocycles. The van der Waals surface area contributed by atoms with Crippen LogP contribution >= 0.6 is 0 Å². The predicted molar refractivity (Wildman–Crippen MR) is 86.1 cm³/mol. The lowest BCUT2D eigenvalue weighted by molar-refractivity contribution is -0.118. The van der Waals surface area contributed by atoms with Gasteiger partial charge in [-0.1, -0.05) is 12.1 Å². The van der Waals surface area contributed by atoms with Crippen LogP contribution in [0.4, 0.5) is 5.69 Å². The number of nitrogens with one attached hydrogen (secondary N) is 2. The van der Waals surface area contributed by atoms with Crippen LogP contribution in [0.1, 0.15) is 11.1 Å². The van der Waals surface area contributed by atoms with Crippen molar-refractivity contribution in [3.63, 3.8) is 0 Å². The van der Waals surface area contributed by atoms with Gasteiger partial charge in [0.25, 0.3) is 5.91 Å². The van der Waals surface area contributed by atoms with Crippen molar-refractivity contribution in [2.45, 2.75) is 13.8 Å². The van der Waals surface area contributed by atoms with E-state index in [4.69, 9.17) is 4.74 Å². The van der Waals surface area contributed by atoms with Crippen molar-refractivity contribution >= 4 is 22.5 Å². The lowest BCUT2D eigenvalue weighted by Crippen LogP contribution is -2.20. The first-order valence-corrected chi connectivity index (χ1v) is 7.05. The maximum atomic E-state index is 12.0. The van der Waals surface area contributed by atoms with Gasteiger partial charge in [0.15, 0.2) is 6.61 Å². The molecule has 0 aliphatic heterocycles. The van der Waals surface area contributed by atoms with E-state index in [1.54, 1.807) is 6.20 Å². The highest BCUT2D eigenvalue weighted by atomic mass is 16.5. The van der Waals surface area contributed by atoms with E-state index in [0.29, 0.717) is 0 Å². The highest BCUT2D eigenvalue weighted by molar-refractivity contribution is 5.94. The van der Waals surface area contributed by atoms with Crippen molar-refractivity contribution in [1.29, 1.82) is 0 Å². The van der Waals surface area contributed by atoms with Gasteiger partial charge in [0.05, 0.1) is 11.7 Å². The Morgan fingerprint density at radius 2 is 2.09 bits per heavy atom. The van der Waals surface area contributed by atoms with Gasteiger partial charge in [-0.3, -0.25) is 9.89 Å². The molecule has 0 spiro atoms. The summed E-state index contributed by atoms with van der Waals surface area (Å²) in [6.07, 6.45) is 1.72. The van der Waals surface area contributed by atoms with Crippen LogP contribution in [0.2, 0.25) is 0 Å². The molecule has 3 aromatic rings. The summed E-state index contributed by atoms with van der Waals surface area (Å²) in [6, 6.07) is 11.5. The van der Waals surface area contributed by atoms with E-state index < -0.39 is 0 Å². The van der Waals surface area contributed by atoms with Gasteiger partial charge in [0, 0.05) is 11.1 Å². The second-order valence-corrected chi connectivity index (χ2v) is 5.28. The third-order valence-corrected chi connectivity index (χ3v) is 3.43. The summed E-state index contributed by atoms with van der Waals surface area (Å²) in [5.41, 5.74) is 3.78. The Kier molecular flexibility index (Phi) is 3.78. The first kappa shape index (κ1) is 14.1. The summed E-state index contributed by atoms with van der Waals surface area (Å²) in [5, 5.41) is 10.6. The first-order valence-electron chi connectivity index (χ1n) is 7.05. The van der Waals surface area contributed by atoms with Crippen molar-refractivity contribution in [1.82, 2.24) is 10.2 Å². The third-order valence-electron chi connectivity index (χ3n) is 3.43. The van der Waals surface area contributed by atoms with Crippen molar-refractivity contribution in [2.24, 2.45) is 0 Å². The zero-order valence-electron chi connectivity index (χ0n) is 12.5. The van der Waals surface area contributed by atoms with Crippen molar-refractivity contribution in [3.8, 4) is 5.75 Å². The molecule has 0 aliphatic carbocycles. The van der Waals surface area contributed by atoms with E-state index in [0.717, 1.165) is 33.5 Å². The zero-order chi connectivity index (χ0) is 15.5. The Labute approximate surface area is 128 Å². The van der Waals surface area contributed by atoms with Crippen molar-refractivity contribution < 1.29 is 9.53 Å². The second-order valence-electron chi connectivity index (χ2n) is 5.28. The van der Waals surface area contributed by atoms with Crippen LogP contribution in [0.15, 0.2) is 42.6 Å². The molecule has 0 bridgehead atoms. The molecular formula is C17H17N3O2. The Morgan fingerprint density at radius 3 is 2.95 bits per heavy atom. The minimum absolute atomic E-state index is 0.0201. The minimum atomic E-state index is -0.191. The van der Waals surface area contributed by atoms with E-state index in [2.05, 4.69) is 15.5 Å². The zero-order valence-corrected chi connectivity index (χ0v) is 12.5. The number of carbonyl (C=O) groups is 1. The Hall–Kier alpha value is -2.82. The number of H-pyrrole nitrogens is 1. The summed E-state index contributed by atoms with van der Waals surface area (Å²) in [6.45, 7) is 3.93. The average Bonchev–Trinajstić information content (AvgIpc) is 2.96. The van der Waals surface area contributed by atoms with Crippen LogP contribution in [0, 0.1) is 13.8 Å². The predicted octanol–water partition coefficient (Wildman–Crippen LogP) is 3.20. The van der Waals surface area contributed by atoms with Gasteiger partial charge in [0.1, 0.15) is 5.75 Å². The first-order chi connectivity index (χ1) is 10.6. The Balaban J connectivity index is 1.63. The van der Waals surface area contributed by atoms with Crippen LogP contribution in [0.25, 0.3) is 10.9 Å². The quantitative estimate of drug-likeness (QED) is 0.776. The maximum Gasteiger partial charge on any atom is 0.262 e. The number of ether oxygens (including phenoxy) is 1. The van der Waals surface area contributed by atoms with Gasteiger partial charge in [-0.2, -0.15) is 5.10 Å². The largest absolute Gasteiger partial charge is 0.483 e. The number of benzene rings is 2. The topological polar surface area (TPSA) is 67.0 Å². The minimum Gasteiger partial charge on any atom is -0.483 e. The van der Waals surface area contributed by atoms with Crippen LogP contribution in [0.3, 0.4) is 0 Å². The monoisotopic (exact) mass is 295 g/mol. The highest BCUT2D eigenvalue weighted by Gasteiger charge is 2.07. The lowest BCUT2D eigenvalue weighted by Gasteiger charge is -2.10. The molecule has 2 aromatic carbocycles. The van der Waals surface area contributed by atoms with E-state index in [1.165, 1.54) is 0 Å². The number of carbonyl (C=O) groups excluding carboxylic acids is 1. The van der Waals surface area contributed by atoms with Gasteiger partial charge < -0.3 is 10.1 Å². The molecule has 0 unspecified atom stereocenters. The number of aromatic amines is 1. The molecule has 5 heteroatoms. The number of hydrogen-bond acceptors (Lipinski definition) is 3. The van der Waals surface area contributed by atoms with Crippen molar-refractivity contribution in [2.75, 3.05) is 11.9 Å². The van der Waals surface area contributed by atoms with Gasteiger partial charge in [0.2, 0.25) is 0 Å². The molecule has 3 rings (SSSR count). The van der Waals surface area contributed by atoms with E-state index in [-0.39, 0.29) is 12.5 Å². The molecule has 0 saturated heterocycles. The van der Waals surface area contributed by atoms with Crippen LogP contribution in [-0.2, 0) is 4.79 Å². The maximum absolute atomic E-state index is 12.0. The fourth-order valence-corrected chi connectivity index (χ4v) is 2.22. The SMILES string of the molecule is Cc1ccc(C)c(OCC(=O)Nc2ccc3[nH]ncc3c2)c1. The third kappa shape index (κ3) is 3.09. The molecule has 112 valence electrons. The van der Waals surface area contributed by atoms with Gasteiger partial charge in [-0.05, 0) is 49.2 Å². The van der Waals surface area contributed by atoms with Crippen LogP contribution in [-0.4, -0.2) is 22.7 Å². The van der Waals surface area contributed by atoms with Crippen LogP contribution < -0.4 is 10.1 Å². The molecule has 0 radical (unpaired) electrons. The molecule has 0 aliphatic rings. The summed E-state index contributed by atoms with van der Waals surface area (Å²) in [4.78, 5) is 12.0. The molecule has 0 saturated carbocycles. The number of amides is 1. The average molecular weight is 295 g/mol. The standard InChI is InChI=1S/C17H17N3O2/c1-11-3-4-12(2)16(7-11)22-10-17(21)19-14-5-6-15-13(8-14)9-18-20-15/h3-9H,10H2,1-2H3,(H,18,20)(H,19,21). The molecule has 1 amide bonds. The number of aryl methyl sites for hydroxylation is 2. The molecule has 0 fully saturated rings. The van der Waals surface area contributed by atoms with Gasteiger partial charge in [-0.25, -0.2) is 0 Å². The summed E-state index contributed by atoms with van der Waals surface area (Å²) < 4.78 is 5.59. The lowest BCUT2D eigenvalue weighted by atomic mass is 10.1. The van der Waals surface area contributed by atoms with Crippen molar-refractivity contribution in [3.05, 3.63) is 53.7 Å². The summed E-state index contributed by atoms with van der Waals surface area (Å²) in [5.74, 6) is 0.546. The molecule has 2 N–H and O–H groups in total. The molecule has 22 heavy (non-hydrogen) atoms. The Morgan fingerprint density at radius 1 is 1.23 bits per heavy atom. The summed E-state index contributed by atoms with van der Waals surface area (Å²) >= 11 is 0. The fraction of sp³-hybridized carbons (Fsp3) is 0.176. The molecule has 5 nitrogen and oxygen atoms in total. The second kappa shape index (κ2) is 5.89. The van der Waals surface area contributed by atoms with Gasteiger partial charge in [-0.15, -0.1) is 0 Å². The molecule has 0 atom stereocenters. The number of aromatic nitrogens is 2. The number of nitrogens with zero attached hydrogens (tertiary/aromatic N) is 1. The van der Waals surface area contributed by atoms with E-state index in [1.807, 2.05) is 50.2 Å². The number of hydrogen-bond donors (Lipinski definition) is 2. The smallest absolute Gasteiger partial charge is 0.262 e. The number of fused-ring (bicyclic) bond motifs is 1. The normalized spacial score (nSPS) is 10.6.